The van der Waals surface area contributed by atoms with Crippen LogP contribution in [0.15, 0.2) is 48.6 Å². The fourth-order valence-corrected chi connectivity index (χ4v) is 6.16. The highest BCUT2D eigenvalue weighted by molar-refractivity contribution is 5.71. The van der Waals surface area contributed by atoms with Crippen LogP contribution in [0.2, 0.25) is 0 Å². The molecule has 0 aromatic heterocycles. The third kappa shape index (κ3) is 40.6. The summed E-state index contributed by atoms with van der Waals surface area (Å²) in [4.78, 5) is 37.6. The lowest BCUT2D eigenvalue weighted by atomic mass is 10.1. The van der Waals surface area contributed by atoms with Crippen LogP contribution in [0.4, 0.5) is 0 Å². The van der Waals surface area contributed by atoms with E-state index in [4.69, 9.17) is 14.2 Å². The molecule has 0 aliphatic heterocycles. The van der Waals surface area contributed by atoms with Crippen molar-refractivity contribution in [3.05, 3.63) is 48.6 Å². The predicted octanol–water partition coefficient (Wildman–Crippen LogP) is 14.4. The van der Waals surface area contributed by atoms with Crippen molar-refractivity contribution < 1.29 is 28.6 Å². The Morgan fingerprint density at radius 2 is 0.741 bits per heavy atom. The monoisotopic (exact) mass is 757 g/mol. The first-order valence-corrected chi connectivity index (χ1v) is 22.6. The van der Waals surface area contributed by atoms with Crippen molar-refractivity contribution in [2.45, 2.75) is 226 Å². The van der Waals surface area contributed by atoms with E-state index in [0.29, 0.717) is 19.3 Å². The van der Waals surface area contributed by atoms with E-state index in [0.717, 1.165) is 70.6 Å². The highest BCUT2D eigenvalue weighted by Crippen LogP contribution is 2.13. The van der Waals surface area contributed by atoms with Crippen molar-refractivity contribution in [3.8, 4) is 0 Å². The lowest BCUT2D eigenvalue weighted by Crippen LogP contribution is -2.30. The third-order valence-corrected chi connectivity index (χ3v) is 9.57. The van der Waals surface area contributed by atoms with Gasteiger partial charge in [-0.2, -0.15) is 0 Å². The Kier molecular flexibility index (Phi) is 41.0. The highest BCUT2D eigenvalue weighted by atomic mass is 16.6. The molecule has 0 rings (SSSR count). The Bertz CT molecular complexity index is 964. The maximum absolute atomic E-state index is 12.6. The highest BCUT2D eigenvalue weighted by Gasteiger charge is 2.19. The molecule has 0 radical (unpaired) electrons. The van der Waals surface area contributed by atoms with E-state index in [1.807, 2.05) is 0 Å². The molecule has 0 fully saturated rings. The van der Waals surface area contributed by atoms with Crippen molar-refractivity contribution in [2.75, 3.05) is 13.2 Å². The predicted molar refractivity (Wildman–Crippen MR) is 229 cm³/mol. The van der Waals surface area contributed by atoms with Crippen LogP contribution >= 0.6 is 0 Å². The Labute approximate surface area is 333 Å². The van der Waals surface area contributed by atoms with E-state index in [2.05, 4.69) is 69.4 Å². The fourth-order valence-electron chi connectivity index (χ4n) is 6.16. The van der Waals surface area contributed by atoms with Gasteiger partial charge in [0.2, 0.25) is 0 Å². The minimum Gasteiger partial charge on any atom is -0.462 e. The Hall–Kier alpha value is -2.63. The molecule has 0 aromatic rings. The van der Waals surface area contributed by atoms with Gasteiger partial charge in [-0.1, -0.05) is 179 Å². The second-order valence-corrected chi connectivity index (χ2v) is 14.9. The molecule has 0 heterocycles. The molecule has 0 aliphatic rings. The van der Waals surface area contributed by atoms with E-state index in [9.17, 15) is 14.4 Å². The van der Waals surface area contributed by atoms with Gasteiger partial charge in [-0.05, 0) is 70.6 Å². The summed E-state index contributed by atoms with van der Waals surface area (Å²) >= 11 is 0. The van der Waals surface area contributed by atoms with Gasteiger partial charge in [-0.15, -0.1) is 0 Å². The van der Waals surface area contributed by atoms with E-state index in [1.54, 1.807) is 0 Å². The van der Waals surface area contributed by atoms with Crippen LogP contribution in [0.1, 0.15) is 220 Å². The molecule has 1 atom stereocenters. The zero-order valence-corrected chi connectivity index (χ0v) is 35.5. The first-order chi connectivity index (χ1) is 26.5. The number of hydrogen-bond acceptors (Lipinski definition) is 6. The van der Waals surface area contributed by atoms with Crippen molar-refractivity contribution in [3.63, 3.8) is 0 Å². The molecule has 0 N–H and O–H groups in total. The normalized spacial score (nSPS) is 12.4. The number of unbranched alkanes of at least 4 members (excludes halogenated alkanes) is 21. The van der Waals surface area contributed by atoms with Gasteiger partial charge in [0, 0.05) is 19.3 Å². The number of rotatable bonds is 40. The van der Waals surface area contributed by atoms with Crippen molar-refractivity contribution in [2.24, 2.45) is 0 Å². The maximum Gasteiger partial charge on any atom is 0.306 e. The number of carbonyl (C=O) groups excluding carboxylic acids is 3. The molecule has 312 valence electrons. The van der Waals surface area contributed by atoms with Crippen molar-refractivity contribution in [1.29, 1.82) is 0 Å². The zero-order valence-electron chi connectivity index (χ0n) is 35.5. The molecule has 0 aliphatic carbocycles. The van der Waals surface area contributed by atoms with Gasteiger partial charge < -0.3 is 14.2 Å². The van der Waals surface area contributed by atoms with Crippen LogP contribution in [0, 0.1) is 0 Å². The average Bonchev–Trinajstić information content (AvgIpc) is 3.17. The largest absolute Gasteiger partial charge is 0.462 e. The fraction of sp³-hybridized carbons (Fsp3) is 0.771. The standard InChI is InChI=1S/C48H84O6/c1-4-7-10-13-16-19-21-22-23-24-25-27-29-32-35-38-41-47(50)53-44-45(43-52-46(49)40-37-34-31-28-18-15-12-9-6-3)54-48(51)42-39-36-33-30-26-20-17-14-11-8-5-2/h8,11,17,20,23-24,30,33,45H,4-7,9-10,12-16,18-19,21-22,25-29,31-32,34-44H2,1-3H3/b11-8-,20-17-,24-23-,33-30-. The van der Waals surface area contributed by atoms with E-state index in [1.165, 1.54) is 103 Å². The number of carbonyl (C=O) groups is 3. The first-order valence-electron chi connectivity index (χ1n) is 22.6. The summed E-state index contributed by atoms with van der Waals surface area (Å²) in [5, 5.41) is 0. The van der Waals surface area contributed by atoms with Crippen LogP contribution in [0.3, 0.4) is 0 Å². The molecule has 1 unspecified atom stereocenters. The third-order valence-electron chi connectivity index (χ3n) is 9.57. The lowest BCUT2D eigenvalue weighted by Gasteiger charge is -2.18. The molecular weight excluding hydrogens is 673 g/mol. The molecule has 0 aromatic carbocycles. The minimum absolute atomic E-state index is 0.0948. The summed E-state index contributed by atoms with van der Waals surface area (Å²) < 4.78 is 16.6. The summed E-state index contributed by atoms with van der Waals surface area (Å²) in [5.74, 6) is -0.963. The summed E-state index contributed by atoms with van der Waals surface area (Å²) in [6.07, 6.45) is 49.6. The van der Waals surface area contributed by atoms with E-state index < -0.39 is 6.10 Å². The van der Waals surface area contributed by atoms with Crippen LogP contribution in [-0.2, 0) is 28.6 Å². The SMILES string of the molecule is CC/C=C\C/C=C\C/C=C\CCCC(=O)OC(COC(=O)CCCCCCC/C=C\CCCCCCCCC)COC(=O)CCCCCCCCCCC. The Balaban J connectivity index is 4.39. The van der Waals surface area contributed by atoms with Crippen LogP contribution in [0.5, 0.6) is 0 Å². The van der Waals surface area contributed by atoms with Gasteiger partial charge in [0.15, 0.2) is 6.10 Å². The number of ether oxygens (including phenoxy) is 3. The average molecular weight is 757 g/mol. The van der Waals surface area contributed by atoms with Gasteiger partial charge in [-0.25, -0.2) is 0 Å². The molecule has 0 spiro atoms. The molecular formula is C48H84O6. The molecule has 0 amide bonds. The minimum atomic E-state index is -0.796. The molecule has 6 nitrogen and oxygen atoms in total. The summed E-state index contributed by atoms with van der Waals surface area (Å²) in [5.41, 5.74) is 0. The van der Waals surface area contributed by atoms with E-state index in [-0.39, 0.29) is 37.5 Å². The molecule has 0 saturated heterocycles. The number of allylic oxidation sites excluding steroid dienone is 8. The van der Waals surface area contributed by atoms with Crippen LogP contribution < -0.4 is 0 Å². The van der Waals surface area contributed by atoms with Crippen LogP contribution in [-0.4, -0.2) is 37.2 Å². The number of hydrogen-bond donors (Lipinski definition) is 0. The Morgan fingerprint density at radius 3 is 1.20 bits per heavy atom. The van der Waals surface area contributed by atoms with E-state index >= 15 is 0 Å². The lowest BCUT2D eigenvalue weighted by molar-refractivity contribution is -0.167. The van der Waals surface area contributed by atoms with Gasteiger partial charge in [0.1, 0.15) is 13.2 Å². The second kappa shape index (κ2) is 43.1. The first kappa shape index (κ1) is 51.4. The Morgan fingerprint density at radius 1 is 0.389 bits per heavy atom. The van der Waals surface area contributed by atoms with Gasteiger partial charge in [0.25, 0.3) is 0 Å². The summed E-state index contributed by atoms with van der Waals surface area (Å²) in [6, 6.07) is 0. The summed E-state index contributed by atoms with van der Waals surface area (Å²) in [7, 11) is 0. The zero-order chi connectivity index (χ0) is 39.4. The van der Waals surface area contributed by atoms with Crippen LogP contribution in [0.25, 0.3) is 0 Å². The quantitative estimate of drug-likeness (QED) is 0.0268. The maximum atomic E-state index is 12.6. The van der Waals surface area contributed by atoms with Gasteiger partial charge in [0.05, 0.1) is 0 Å². The van der Waals surface area contributed by atoms with Crippen molar-refractivity contribution >= 4 is 17.9 Å². The van der Waals surface area contributed by atoms with Gasteiger partial charge in [-0.3, -0.25) is 14.4 Å². The molecule has 0 saturated carbocycles. The second-order valence-electron chi connectivity index (χ2n) is 14.9. The molecule has 0 bridgehead atoms. The van der Waals surface area contributed by atoms with Gasteiger partial charge >= 0.3 is 17.9 Å². The van der Waals surface area contributed by atoms with Crippen molar-refractivity contribution in [1.82, 2.24) is 0 Å². The molecule has 54 heavy (non-hydrogen) atoms. The summed E-state index contributed by atoms with van der Waals surface area (Å²) in [6.45, 7) is 6.43. The number of esters is 3. The topological polar surface area (TPSA) is 78.9 Å². The smallest absolute Gasteiger partial charge is 0.306 e. The molecule has 6 heteroatoms.